The van der Waals surface area contributed by atoms with E-state index in [9.17, 15) is 9.59 Å². The molecular weight excluding hydrogens is 328 g/mol. The molecule has 1 heterocycles. The molecule has 24 heavy (non-hydrogen) atoms. The van der Waals surface area contributed by atoms with Gasteiger partial charge in [0, 0.05) is 32.6 Å². The Hall–Kier alpha value is -2.65. The number of benzene rings is 1. The summed E-state index contributed by atoms with van der Waals surface area (Å²) in [6, 6.07) is 6.96. The Morgan fingerprint density at radius 1 is 1.42 bits per heavy atom. The summed E-state index contributed by atoms with van der Waals surface area (Å²) in [5.41, 5.74) is 2.14. The molecule has 6 nitrogen and oxygen atoms in total. The van der Waals surface area contributed by atoms with Gasteiger partial charge in [-0.15, -0.1) is 0 Å². The Morgan fingerprint density at radius 3 is 2.79 bits per heavy atom. The van der Waals surface area contributed by atoms with E-state index in [1.54, 1.807) is 43.2 Å². The fourth-order valence-electron chi connectivity index (χ4n) is 2.94. The van der Waals surface area contributed by atoms with Gasteiger partial charge < -0.3 is 4.90 Å². The van der Waals surface area contributed by atoms with Crippen molar-refractivity contribution >= 4 is 23.3 Å². The van der Waals surface area contributed by atoms with Crippen molar-refractivity contribution in [2.24, 2.45) is 5.92 Å². The largest absolute Gasteiger partial charge is 0.349 e. The summed E-state index contributed by atoms with van der Waals surface area (Å²) < 4.78 is 1.67. The number of amides is 1. The van der Waals surface area contributed by atoms with Crippen molar-refractivity contribution in [2.75, 3.05) is 14.1 Å². The highest BCUT2D eigenvalue weighted by molar-refractivity contribution is 6.31. The van der Waals surface area contributed by atoms with E-state index in [4.69, 9.17) is 16.9 Å². The Balaban J connectivity index is 1.99. The molecule has 0 unspecified atom stereocenters. The summed E-state index contributed by atoms with van der Waals surface area (Å²) in [7, 11) is 3.36. The van der Waals surface area contributed by atoms with Gasteiger partial charge in [-0.3, -0.25) is 14.2 Å². The van der Waals surface area contributed by atoms with Crippen LogP contribution in [0, 0.1) is 17.2 Å². The highest BCUT2D eigenvalue weighted by atomic mass is 35.5. The zero-order valence-corrected chi connectivity index (χ0v) is 14.0. The highest BCUT2D eigenvalue weighted by Gasteiger charge is 2.34. The van der Waals surface area contributed by atoms with Crippen LogP contribution in [0.3, 0.4) is 0 Å². The van der Waals surface area contributed by atoms with Gasteiger partial charge in [-0.2, -0.15) is 5.26 Å². The number of rotatable bonds is 2. The molecule has 0 bridgehead atoms. The van der Waals surface area contributed by atoms with E-state index < -0.39 is 0 Å². The molecule has 1 atom stereocenters. The zero-order chi connectivity index (χ0) is 17.4. The molecule has 0 aliphatic heterocycles. The predicted molar refractivity (Wildman–Crippen MR) is 88.1 cm³/mol. The molecule has 1 aromatic heterocycles. The number of Topliss-reactive ketones (excluding diaryl/α,β-unsaturated/α-hetero) is 1. The second-order valence-corrected chi connectivity index (χ2v) is 6.35. The molecule has 1 amide bonds. The molecular formula is C17H15ClN4O2. The van der Waals surface area contributed by atoms with Crippen LogP contribution in [-0.2, 0) is 11.2 Å². The van der Waals surface area contributed by atoms with Crippen molar-refractivity contribution in [1.29, 1.82) is 5.26 Å². The first-order valence-electron chi connectivity index (χ1n) is 7.43. The van der Waals surface area contributed by atoms with Gasteiger partial charge in [0.2, 0.25) is 5.91 Å². The number of carbonyl (C=O) groups is 2. The lowest BCUT2D eigenvalue weighted by molar-refractivity contribution is -0.133. The second-order valence-electron chi connectivity index (χ2n) is 5.95. The number of ketones is 1. The number of nitriles is 1. The Labute approximate surface area is 144 Å². The van der Waals surface area contributed by atoms with Crippen LogP contribution < -0.4 is 0 Å². The van der Waals surface area contributed by atoms with E-state index in [1.807, 2.05) is 6.07 Å². The van der Waals surface area contributed by atoms with Gasteiger partial charge in [0.25, 0.3) is 0 Å². The molecule has 0 saturated carbocycles. The molecule has 0 N–H and O–H groups in total. The summed E-state index contributed by atoms with van der Waals surface area (Å²) in [6.07, 6.45) is 2.16. The van der Waals surface area contributed by atoms with Gasteiger partial charge in [-0.1, -0.05) is 11.6 Å². The third-order valence-electron chi connectivity index (χ3n) is 4.12. The number of imidazole rings is 1. The first kappa shape index (κ1) is 16.2. The van der Waals surface area contributed by atoms with E-state index in [0.717, 1.165) is 0 Å². The van der Waals surface area contributed by atoms with E-state index >= 15 is 0 Å². The SMILES string of the molecule is CN(C)C(=O)[C@H]1CC(=O)c2c(ncn2-c2ccc(C#N)c(Cl)c2)C1. The Bertz CT molecular complexity index is 879. The first-order valence-corrected chi connectivity index (χ1v) is 7.80. The van der Waals surface area contributed by atoms with Gasteiger partial charge >= 0.3 is 0 Å². The number of halogens is 1. The molecule has 0 fully saturated rings. The van der Waals surface area contributed by atoms with Crippen molar-refractivity contribution in [2.45, 2.75) is 12.8 Å². The maximum absolute atomic E-state index is 12.6. The summed E-state index contributed by atoms with van der Waals surface area (Å²) in [5, 5.41) is 9.28. The number of carbonyl (C=O) groups excluding carboxylic acids is 2. The molecule has 0 spiro atoms. The van der Waals surface area contributed by atoms with E-state index in [1.165, 1.54) is 4.90 Å². The van der Waals surface area contributed by atoms with Crippen LogP contribution in [0.2, 0.25) is 5.02 Å². The van der Waals surface area contributed by atoms with Gasteiger partial charge in [0.05, 0.1) is 22.2 Å². The average Bonchev–Trinajstić information content (AvgIpc) is 2.98. The molecule has 1 aromatic carbocycles. The molecule has 3 rings (SSSR count). The topological polar surface area (TPSA) is 79.0 Å². The molecule has 7 heteroatoms. The van der Waals surface area contributed by atoms with E-state index in [2.05, 4.69) is 4.98 Å². The quantitative estimate of drug-likeness (QED) is 0.838. The van der Waals surface area contributed by atoms with Crippen molar-refractivity contribution in [3.05, 3.63) is 46.5 Å². The van der Waals surface area contributed by atoms with Gasteiger partial charge in [0.1, 0.15) is 18.1 Å². The van der Waals surface area contributed by atoms with E-state index in [0.29, 0.717) is 34.1 Å². The molecule has 2 aromatic rings. The summed E-state index contributed by atoms with van der Waals surface area (Å²) >= 11 is 6.07. The minimum atomic E-state index is -0.368. The van der Waals surface area contributed by atoms with Crippen LogP contribution in [0.5, 0.6) is 0 Å². The fourth-order valence-corrected chi connectivity index (χ4v) is 3.15. The smallest absolute Gasteiger partial charge is 0.226 e. The lowest BCUT2D eigenvalue weighted by atomic mass is 9.87. The lowest BCUT2D eigenvalue weighted by Crippen LogP contribution is -2.35. The van der Waals surface area contributed by atoms with E-state index in [-0.39, 0.29) is 24.0 Å². The molecule has 1 aliphatic rings. The number of fused-ring (bicyclic) bond motifs is 1. The zero-order valence-electron chi connectivity index (χ0n) is 13.3. The Morgan fingerprint density at radius 2 is 2.17 bits per heavy atom. The monoisotopic (exact) mass is 342 g/mol. The van der Waals surface area contributed by atoms with Gasteiger partial charge in [-0.25, -0.2) is 4.98 Å². The number of hydrogen-bond acceptors (Lipinski definition) is 4. The first-order chi connectivity index (χ1) is 11.4. The van der Waals surface area contributed by atoms with Crippen molar-refractivity contribution in [1.82, 2.24) is 14.5 Å². The predicted octanol–water partition coefficient (Wildman–Crippen LogP) is 2.23. The molecule has 0 radical (unpaired) electrons. The van der Waals surface area contributed by atoms with Crippen LogP contribution in [0.25, 0.3) is 5.69 Å². The highest BCUT2D eigenvalue weighted by Crippen LogP contribution is 2.29. The van der Waals surface area contributed by atoms with Crippen LogP contribution in [-0.4, -0.2) is 40.2 Å². The van der Waals surface area contributed by atoms with Crippen LogP contribution in [0.4, 0.5) is 0 Å². The van der Waals surface area contributed by atoms with Crippen molar-refractivity contribution < 1.29 is 9.59 Å². The third kappa shape index (κ3) is 2.68. The number of nitrogens with zero attached hydrogens (tertiary/aromatic N) is 4. The van der Waals surface area contributed by atoms with Gasteiger partial charge in [-0.05, 0) is 18.2 Å². The Kier molecular flexibility index (Phi) is 4.12. The number of hydrogen-bond donors (Lipinski definition) is 0. The van der Waals surface area contributed by atoms with Crippen LogP contribution in [0.1, 0.15) is 28.2 Å². The standard InChI is InChI=1S/C17H15ClN4O2/c1-21(2)17(24)11-5-14-16(15(23)6-11)22(9-20-14)12-4-3-10(8-19)13(18)7-12/h3-4,7,9,11H,5-6H2,1-2H3/t11-/m1/s1. The van der Waals surface area contributed by atoms with Crippen LogP contribution in [0.15, 0.2) is 24.5 Å². The summed E-state index contributed by atoms with van der Waals surface area (Å²) in [6.45, 7) is 0. The minimum absolute atomic E-state index is 0.0648. The molecule has 1 aliphatic carbocycles. The maximum atomic E-state index is 12.6. The summed E-state index contributed by atoms with van der Waals surface area (Å²) in [4.78, 5) is 30.5. The average molecular weight is 343 g/mol. The lowest BCUT2D eigenvalue weighted by Gasteiger charge is -2.23. The normalized spacial score (nSPS) is 16.4. The van der Waals surface area contributed by atoms with Crippen molar-refractivity contribution in [3.8, 4) is 11.8 Å². The molecule has 0 saturated heterocycles. The van der Waals surface area contributed by atoms with Crippen LogP contribution >= 0.6 is 11.6 Å². The fraction of sp³-hybridized carbons (Fsp3) is 0.294. The summed E-state index contributed by atoms with van der Waals surface area (Å²) in [5.74, 6) is -0.549. The third-order valence-corrected chi connectivity index (χ3v) is 4.43. The second kappa shape index (κ2) is 6.10. The number of aromatic nitrogens is 2. The van der Waals surface area contributed by atoms with Gasteiger partial charge in [0.15, 0.2) is 5.78 Å². The van der Waals surface area contributed by atoms with Crippen molar-refractivity contribution in [3.63, 3.8) is 0 Å². The maximum Gasteiger partial charge on any atom is 0.226 e. The minimum Gasteiger partial charge on any atom is -0.349 e. The molecule has 122 valence electrons.